The molecule has 0 bridgehead atoms. The largest absolute Gasteiger partial charge is 0.305 e. The first-order valence-electron chi connectivity index (χ1n) is 16.3. The summed E-state index contributed by atoms with van der Waals surface area (Å²) in [5, 5.41) is 6.18. The zero-order valence-electron chi connectivity index (χ0n) is 27.1. The Hall–Kier alpha value is -4.99. The number of pyridine rings is 2. The van der Waals surface area contributed by atoms with E-state index in [9.17, 15) is 0 Å². The van der Waals surface area contributed by atoms with Crippen molar-refractivity contribution in [1.82, 2.24) is 9.97 Å². The van der Waals surface area contributed by atoms with Gasteiger partial charge in [0.15, 0.2) is 0 Å². The third-order valence-electron chi connectivity index (χ3n) is 8.76. The number of benzene rings is 6. The Labute approximate surface area is 304 Å². The van der Waals surface area contributed by atoms with Gasteiger partial charge in [0.2, 0.25) is 0 Å². The summed E-state index contributed by atoms with van der Waals surface area (Å²) in [6.45, 7) is 4.52. The van der Waals surface area contributed by atoms with Crippen molar-refractivity contribution in [1.29, 1.82) is 0 Å². The molecule has 0 atom stereocenters. The molecule has 0 fully saturated rings. The summed E-state index contributed by atoms with van der Waals surface area (Å²) < 4.78 is 2.61. The third kappa shape index (κ3) is 6.44. The molecule has 9 rings (SSSR count). The fraction of sp³-hybridized carbons (Fsp3) is 0.0667. The fourth-order valence-corrected chi connectivity index (χ4v) is 7.62. The average Bonchev–Trinajstić information content (AvgIpc) is 3.55. The molecule has 0 aliphatic carbocycles. The molecule has 6 aromatic carbocycles. The van der Waals surface area contributed by atoms with Gasteiger partial charge in [0.1, 0.15) is 0 Å². The summed E-state index contributed by atoms with van der Waals surface area (Å²) in [6.07, 6.45) is 1.80. The van der Waals surface area contributed by atoms with Crippen LogP contribution >= 0.6 is 11.3 Å². The standard InChI is InChI=1S/C28H20NS.C17H12N.Ir/c1-17(2)23-16-19(15-18-9-3-4-10-20(18)23)27-26-22-12-6-8-14-25(22)30-28(26)21-11-5-7-13-24(21)29-27;1-2-6-14(7-3-1)15-9-11-16(12-10-15)17-8-4-5-13-18-17;/h3-14,16-17H,1-2H3;1-11,13H;/q2*-1;. The van der Waals surface area contributed by atoms with Gasteiger partial charge in [0.25, 0.3) is 0 Å². The van der Waals surface area contributed by atoms with Gasteiger partial charge in [-0.15, -0.1) is 70.3 Å². The van der Waals surface area contributed by atoms with Crippen molar-refractivity contribution in [3.63, 3.8) is 0 Å². The van der Waals surface area contributed by atoms with Crippen molar-refractivity contribution < 1.29 is 20.1 Å². The van der Waals surface area contributed by atoms with E-state index in [-0.39, 0.29) is 20.1 Å². The molecule has 0 unspecified atom stereocenters. The monoisotopic (exact) mass is 825 g/mol. The Morgan fingerprint density at radius 3 is 2.10 bits per heavy atom. The second kappa shape index (κ2) is 14.2. The first kappa shape index (κ1) is 32.6. The first-order valence-corrected chi connectivity index (χ1v) is 17.1. The second-order valence-corrected chi connectivity index (χ2v) is 13.2. The minimum Gasteiger partial charge on any atom is -0.305 e. The zero-order valence-corrected chi connectivity index (χ0v) is 30.4. The van der Waals surface area contributed by atoms with E-state index >= 15 is 0 Å². The van der Waals surface area contributed by atoms with Gasteiger partial charge < -0.3 is 4.98 Å². The zero-order chi connectivity index (χ0) is 32.5. The maximum Gasteiger partial charge on any atom is 0.0632 e. The number of rotatable bonds is 4. The van der Waals surface area contributed by atoms with E-state index in [0.717, 1.165) is 33.4 Å². The van der Waals surface area contributed by atoms with Crippen LogP contribution in [0.15, 0.2) is 152 Å². The van der Waals surface area contributed by atoms with Gasteiger partial charge in [-0.2, -0.15) is 0 Å². The molecule has 239 valence electrons. The molecule has 0 spiro atoms. The molecule has 1 radical (unpaired) electrons. The van der Waals surface area contributed by atoms with Crippen LogP contribution in [-0.2, 0) is 20.1 Å². The van der Waals surface area contributed by atoms with E-state index in [0.29, 0.717) is 5.92 Å². The molecule has 0 aliphatic rings. The minimum absolute atomic E-state index is 0. The van der Waals surface area contributed by atoms with Crippen molar-refractivity contribution in [3.8, 4) is 33.6 Å². The van der Waals surface area contributed by atoms with Crippen molar-refractivity contribution in [2.75, 3.05) is 0 Å². The van der Waals surface area contributed by atoms with E-state index in [1.807, 2.05) is 53.8 Å². The summed E-state index contributed by atoms with van der Waals surface area (Å²) in [4.78, 5) is 9.50. The Morgan fingerprint density at radius 2 is 1.35 bits per heavy atom. The normalized spacial score (nSPS) is 11.1. The molecule has 9 aromatic rings. The third-order valence-corrected chi connectivity index (χ3v) is 9.96. The van der Waals surface area contributed by atoms with E-state index in [2.05, 4.69) is 134 Å². The van der Waals surface area contributed by atoms with Crippen LogP contribution in [0.2, 0.25) is 0 Å². The molecule has 3 heterocycles. The van der Waals surface area contributed by atoms with Crippen molar-refractivity contribution in [3.05, 3.63) is 169 Å². The molecular weight excluding hydrogens is 793 g/mol. The SMILES string of the molecule is CC(C)c1cc(-c2nc3ccccc3c3sc4ccccc4c23)[c-]c2ccccc12.[Ir].[c-]1cc(-c2ccccc2)ccc1-c1ccccn1. The number of fused-ring (bicyclic) bond motifs is 6. The van der Waals surface area contributed by atoms with Crippen LogP contribution in [0, 0.1) is 12.1 Å². The summed E-state index contributed by atoms with van der Waals surface area (Å²) in [5.74, 6) is 0.429. The van der Waals surface area contributed by atoms with Gasteiger partial charge >= 0.3 is 0 Å². The molecule has 0 saturated carbocycles. The Morgan fingerprint density at radius 1 is 0.633 bits per heavy atom. The molecule has 0 saturated heterocycles. The maximum absolute atomic E-state index is 5.18. The molecule has 0 amide bonds. The fourth-order valence-electron chi connectivity index (χ4n) is 6.38. The predicted molar refractivity (Wildman–Crippen MR) is 204 cm³/mol. The topological polar surface area (TPSA) is 25.8 Å². The molecule has 2 nitrogen and oxygen atoms in total. The number of thiophene rings is 1. The van der Waals surface area contributed by atoms with Crippen LogP contribution in [0.5, 0.6) is 0 Å². The number of hydrogen-bond donors (Lipinski definition) is 0. The molecule has 4 heteroatoms. The van der Waals surface area contributed by atoms with Gasteiger partial charge in [-0.1, -0.05) is 133 Å². The molecule has 3 aromatic heterocycles. The molecule has 0 aliphatic heterocycles. The maximum atomic E-state index is 5.18. The van der Waals surface area contributed by atoms with Crippen molar-refractivity contribution >= 4 is 53.2 Å². The van der Waals surface area contributed by atoms with Gasteiger partial charge in [0, 0.05) is 46.8 Å². The number of para-hydroxylation sites is 1. The Kier molecular flexibility index (Phi) is 9.46. The molecule has 0 N–H and O–H groups in total. The van der Waals surface area contributed by atoms with Crippen LogP contribution in [0.25, 0.3) is 75.5 Å². The number of nitrogens with zero attached hydrogens (tertiary/aromatic N) is 2. The minimum atomic E-state index is 0. The predicted octanol–water partition coefficient (Wildman–Crippen LogP) is 12.6. The van der Waals surface area contributed by atoms with E-state index in [1.54, 1.807) is 6.20 Å². The second-order valence-electron chi connectivity index (χ2n) is 12.2. The van der Waals surface area contributed by atoms with Crippen LogP contribution in [0.3, 0.4) is 0 Å². The van der Waals surface area contributed by atoms with Gasteiger partial charge in [-0.25, -0.2) is 0 Å². The summed E-state index contributed by atoms with van der Waals surface area (Å²) in [7, 11) is 0. The first-order chi connectivity index (χ1) is 23.6. The summed E-state index contributed by atoms with van der Waals surface area (Å²) in [5.41, 5.74) is 8.87. The summed E-state index contributed by atoms with van der Waals surface area (Å²) in [6, 6.07) is 57.4. The summed E-state index contributed by atoms with van der Waals surface area (Å²) >= 11 is 1.86. The Balaban J connectivity index is 0.000000171. The molecular formula is C45H32IrN2S-2. The average molecular weight is 825 g/mol. The van der Waals surface area contributed by atoms with Crippen LogP contribution in [-0.4, -0.2) is 9.97 Å². The number of hydrogen-bond acceptors (Lipinski definition) is 3. The van der Waals surface area contributed by atoms with Gasteiger partial charge in [-0.05, 0) is 40.6 Å². The van der Waals surface area contributed by atoms with Crippen LogP contribution < -0.4 is 0 Å². The Bertz CT molecular complexity index is 2460. The smallest absolute Gasteiger partial charge is 0.0632 e. The molecule has 49 heavy (non-hydrogen) atoms. The number of aromatic nitrogens is 2. The van der Waals surface area contributed by atoms with Crippen LogP contribution in [0.1, 0.15) is 25.3 Å². The quantitative estimate of drug-likeness (QED) is 0.165. The van der Waals surface area contributed by atoms with Gasteiger partial charge in [0.05, 0.1) is 5.52 Å². The van der Waals surface area contributed by atoms with E-state index in [1.165, 1.54) is 47.6 Å². The van der Waals surface area contributed by atoms with Crippen molar-refractivity contribution in [2.45, 2.75) is 19.8 Å². The van der Waals surface area contributed by atoms with Crippen LogP contribution in [0.4, 0.5) is 0 Å². The van der Waals surface area contributed by atoms with Crippen molar-refractivity contribution in [2.24, 2.45) is 0 Å². The van der Waals surface area contributed by atoms with Gasteiger partial charge in [-0.3, -0.25) is 4.98 Å². The van der Waals surface area contributed by atoms with E-state index in [4.69, 9.17) is 4.98 Å². The van der Waals surface area contributed by atoms with E-state index < -0.39 is 0 Å².